The first kappa shape index (κ1) is 9.81. The van der Waals surface area contributed by atoms with Gasteiger partial charge in [-0.2, -0.15) is 0 Å². The molecule has 1 aromatic rings. The second kappa shape index (κ2) is 5.38. The topological polar surface area (TPSA) is 32.8 Å². The fraction of sp³-hybridized carbons (Fsp3) is 0.273. The van der Waals surface area contributed by atoms with Gasteiger partial charge >= 0.3 is 0 Å². The molecular formula is C11H14O2. The average molecular weight is 178 g/mol. The molecule has 13 heavy (non-hydrogen) atoms. The van der Waals surface area contributed by atoms with E-state index in [0.717, 1.165) is 25.2 Å². The number of epoxide rings is 1. The molecule has 1 aliphatic rings. The molecule has 0 unspecified atom stereocenters. The van der Waals surface area contributed by atoms with Crippen molar-refractivity contribution >= 4 is 0 Å². The number of phenolic OH excluding ortho intramolecular Hbond substituents is 1. The van der Waals surface area contributed by atoms with Gasteiger partial charge in [-0.25, -0.2) is 0 Å². The van der Waals surface area contributed by atoms with E-state index < -0.39 is 0 Å². The van der Waals surface area contributed by atoms with E-state index in [1.165, 1.54) is 0 Å². The SMILES string of the molecule is C1CO1.C=CCc1ccccc1O. The molecule has 1 aliphatic heterocycles. The molecular weight excluding hydrogens is 164 g/mol. The zero-order valence-corrected chi connectivity index (χ0v) is 7.57. The van der Waals surface area contributed by atoms with E-state index in [0.29, 0.717) is 5.75 Å². The lowest BCUT2D eigenvalue weighted by Gasteiger charge is -1.97. The molecule has 1 aromatic carbocycles. The van der Waals surface area contributed by atoms with Gasteiger partial charge in [0.25, 0.3) is 0 Å². The van der Waals surface area contributed by atoms with E-state index in [2.05, 4.69) is 11.3 Å². The van der Waals surface area contributed by atoms with E-state index in [9.17, 15) is 5.11 Å². The number of para-hydroxylation sites is 1. The molecule has 2 rings (SSSR count). The predicted octanol–water partition coefficient (Wildman–Crippen LogP) is 2.14. The maximum atomic E-state index is 9.19. The zero-order valence-electron chi connectivity index (χ0n) is 7.57. The molecule has 70 valence electrons. The number of aromatic hydroxyl groups is 1. The van der Waals surface area contributed by atoms with Gasteiger partial charge in [0.15, 0.2) is 0 Å². The van der Waals surface area contributed by atoms with Gasteiger partial charge in [0.1, 0.15) is 5.75 Å². The van der Waals surface area contributed by atoms with Crippen LogP contribution in [0, 0.1) is 0 Å². The van der Waals surface area contributed by atoms with Crippen LogP contribution in [0.15, 0.2) is 36.9 Å². The highest BCUT2D eigenvalue weighted by atomic mass is 16.6. The van der Waals surface area contributed by atoms with Crippen LogP contribution in [-0.4, -0.2) is 18.3 Å². The molecule has 0 amide bonds. The molecule has 0 atom stereocenters. The molecule has 1 fully saturated rings. The van der Waals surface area contributed by atoms with Crippen LogP contribution in [0.5, 0.6) is 5.75 Å². The van der Waals surface area contributed by atoms with Crippen LogP contribution in [0.3, 0.4) is 0 Å². The lowest BCUT2D eigenvalue weighted by molar-refractivity contribution is 0.470. The smallest absolute Gasteiger partial charge is 0.119 e. The van der Waals surface area contributed by atoms with Crippen molar-refractivity contribution in [2.45, 2.75) is 6.42 Å². The highest BCUT2D eigenvalue weighted by Gasteiger charge is 1.94. The normalized spacial score (nSPS) is 12.6. The van der Waals surface area contributed by atoms with Crippen LogP contribution in [0.2, 0.25) is 0 Å². The van der Waals surface area contributed by atoms with Crippen LogP contribution in [-0.2, 0) is 11.2 Å². The standard InChI is InChI=1S/C9H10O.C2H4O/c1-2-5-8-6-3-4-7-9(8)10;1-2-3-1/h2-4,6-7,10H,1,5H2;1-2H2. The Morgan fingerprint density at radius 3 is 2.46 bits per heavy atom. The number of hydrogen-bond acceptors (Lipinski definition) is 2. The first-order valence-corrected chi connectivity index (χ1v) is 4.30. The number of allylic oxidation sites excluding steroid dienone is 1. The maximum absolute atomic E-state index is 9.19. The summed E-state index contributed by atoms with van der Waals surface area (Å²) in [5.41, 5.74) is 0.928. The summed E-state index contributed by atoms with van der Waals surface area (Å²) in [6, 6.07) is 7.27. The van der Waals surface area contributed by atoms with E-state index >= 15 is 0 Å². The molecule has 0 aliphatic carbocycles. The van der Waals surface area contributed by atoms with Crippen LogP contribution >= 0.6 is 0 Å². The molecule has 1 saturated heterocycles. The molecule has 0 radical (unpaired) electrons. The zero-order chi connectivity index (χ0) is 9.52. The van der Waals surface area contributed by atoms with Gasteiger partial charge < -0.3 is 9.84 Å². The summed E-state index contributed by atoms with van der Waals surface area (Å²) in [4.78, 5) is 0. The summed E-state index contributed by atoms with van der Waals surface area (Å²) in [6.07, 6.45) is 2.50. The Kier molecular flexibility index (Phi) is 4.06. The van der Waals surface area contributed by atoms with Crippen LogP contribution in [0.1, 0.15) is 5.56 Å². The monoisotopic (exact) mass is 178 g/mol. The maximum Gasteiger partial charge on any atom is 0.119 e. The molecule has 0 spiro atoms. The van der Waals surface area contributed by atoms with Gasteiger partial charge in [0.2, 0.25) is 0 Å². The Balaban J connectivity index is 0.000000236. The number of hydrogen-bond donors (Lipinski definition) is 1. The van der Waals surface area contributed by atoms with E-state index in [-0.39, 0.29) is 0 Å². The molecule has 1 N–H and O–H groups in total. The summed E-state index contributed by atoms with van der Waals surface area (Å²) < 4.78 is 4.50. The van der Waals surface area contributed by atoms with Crippen LogP contribution < -0.4 is 0 Å². The highest BCUT2D eigenvalue weighted by molar-refractivity contribution is 5.32. The predicted molar refractivity (Wildman–Crippen MR) is 52.8 cm³/mol. The Bertz CT molecular complexity index is 264. The van der Waals surface area contributed by atoms with Gasteiger partial charge in [-0.15, -0.1) is 6.58 Å². The lowest BCUT2D eigenvalue weighted by atomic mass is 10.1. The Morgan fingerprint density at radius 1 is 1.38 bits per heavy atom. The van der Waals surface area contributed by atoms with Crippen molar-refractivity contribution < 1.29 is 9.84 Å². The van der Waals surface area contributed by atoms with Gasteiger partial charge in [-0.3, -0.25) is 0 Å². The number of phenols is 1. The lowest BCUT2D eigenvalue weighted by Crippen LogP contribution is -1.79. The molecule has 2 heteroatoms. The van der Waals surface area contributed by atoms with Crippen molar-refractivity contribution in [1.82, 2.24) is 0 Å². The van der Waals surface area contributed by atoms with Gasteiger partial charge in [0.05, 0.1) is 13.2 Å². The molecule has 0 aromatic heterocycles. The Hall–Kier alpha value is -1.28. The third-order valence-electron chi connectivity index (χ3n) is 1.56. The minimum absolute atomic E-state index is 0.349. The first-order valence-electron chi connectivity index (χ1n) is 4.30. The summed E-state index contributed by atoms with van der Waals surface area (Å²) in [7, 11) is 0. The quantitative estimate of drug-likeness (QED) is 0.556. The fourth-order valence-electron chi connectivity index (χ4n) is 0.839. The Labute approximate surface area is 78.5 Å². The van der Waals surface area contributed by atoms with Gasteiger partial charge in [-0.05, 0) is 18.1 Å². The molecule has 0 bridgehead atoms. The molecule has 2 nitrogen and oxygen atoms in total. The average Bonchev–Trinajstić information content (AvgIpc) is 2.95. The van der Waals surface area contributed by atoms with E-state index in [4.69, 9.17) is 0 Å². The third-order valence-corrected chi connectivity index (χ3v) is 1.56. The van der Waals surface area contributed by atoms with Crippen molar-refractivity contribution in [1.29, 1.82) is 0 Å². The number of rotatable bonds is 2. The summed E-state index contributed by atoms with van der Waals surface area (Å²) >= 11 is 0. The number of benzene rings is 1. The second-order valence-corrected chi connectivity index (χ2v) is 2.73. The van der Waals surface area contributed by atoms with Gasteiger partial charge in [0, 0.05) is 0 Å². The number of ether oxygens (including phenoxy) is 1. The van der Waals surface area contributed by atoms with Crippen LogP contribution in [0.25, 0.3) is 0 Å². The second-order valence-electron chi connectivity index (χ2n) is 2.73. The summed E-state index contributed by atoms with van der Waals surface area (Å²) in [5, 5.41) is 9.19. The van der Waals surface area contributed by atoms with Crippen molar-refractivity contribution in [2.24, 2.45) is 0 Å². The van der Waals surface area contributed by atoms with E-state index in [1.807, 2.05) is 18.2 Å². The summed E-state index contributed by atoms with van der Waals surface area (Å²) in [6.45, 7) is 5.59. The van der Waals surface area contributed by atoms with Crippen LogP contribution in [0.4, 0.5) is 0 Å². The van der Waals surface area contributed by atoms with Crippen molar-refractivity contribution in [2.75, 3.05) is 13.2 Å². The largest absolute Gasteiger partial charge is 0.508 e. The molecule has 1 heterocycles. The minimum atomic E-state index is 0.349. The first-order chi connectivity index (χ1) is 6.34. The van der Waals surface area contributed by atoms with Gasteiger partial charge in [-0.1, -0.05) is 24.3 Å². The highest BCUT2D eigenvalue weighted by Crippen LogP contribution is 2.15. The third kappa shape index (κ3) is 4.33. The Morgan fingerprint density at radius 2 is 2.00 bits per heavy atom. The minimum Gasteiger partial charge on any atom is -0.508 e. The van der Waals surface area contributed by atoms with Crippen molar-refractivity contribution in [3.8, 4) is 5.75 Å². The van der Waals surface area contributed by atoms with E-state index in [1.54, 1.807) is 12.1 Å². The fourth-order valence-corrected chi connectivity index (χ4v) is 0.839. The summed E-state index contributed by atoms with van der Waals surface area (Å²) in [5.74, 6) is 0.349. The molecule has 0 saturated carbocycles. The van der Waals surface area contributed by atoms with Crippen molar-refractivity contribution in [3.63, 3.8) is 0 Å². The van der Waals surface area contributed by atoms with Crippen molar-refractivity contribution in [3.05, 3.63) is 42.5 Å².